The number of esters is 1. The van der Waals surface area contributed by atoms with Crippen LogP contribution in [-0.2, 0) is 79.0 Å². The van der Waals surface area contributed by atoms with Crippen LogP contribution < -0.4 is 0 Å². The predicted molar refractivity (Wildman–Crippen MR) is 559 cm³/mol. The second-order valence-corrected chi connectivity index (χ2v) is 55.6. The van der Waals surface area contributed by atoms with E-state index in [1.807, 2.05) is 138 Å². The first kappa shape index (κ1) is 116. The molecule has 750 valence electrons. The molecule has 0 atom stereocenters. The SMILES string of the molecule is CC(C)(C)C(=O)OCn1ccc2c(Cl)ncnc21.CC(C)(C)OC(=O)n1ccc2c(Cl)ncnc21.CC(C)[Si](C(C)C)(C(C)C)n1ccc2c(Cl)ncnc21.CCOC(OCC)OCC.CCOC(OCC)n1ccc2c(Cl)ncnc21.C[Si](C)(C)CCOCCl.C[Si](C)(C)CCOCn1ccc2c(Cl)ncnc21.Clc1ncnc2[nH]ccc12.Clc1ncnc2c1ccn2COCc1ccccc1. The fraction of sp³-hybridized carbons (Fsp3) is 0.468. The van der Waals surface area contributed by atoms with Crippen molar-refractivity contribution in [1.29, 1.82) is 0 Å². The lowest BCUT2D eigenvalue weighted by Crippen LogP contribution is -2.51. The van der Waals surface area contributed by atoms with Crippen molar-refractivity contribution >= 4 is 206 Å². The van der Waals surface area contributed by atoms with Crippen LogP contribution >= 0.6 is 92.8 Å². The summed E-state index contributed by atoms with van der Waals surface area (Å²) in [7, 11) is -3.67. The second-order valence-electron chi connectivity index (χ2n) is 35.9. The Morgan fingerprint density at radius 1 is 0.406 bits per heavy atom. The molecule has 15 aromatic rings. The van der Waals surface area contributed by atoms with Gasteiger partial charge in [-0.25, -0.2) is 79.1 Å². The largest absolute Gasteiger partial charge is 0.443 e. The van der Waals surface area contributed by atoms with Crippen molar-refractivity contribution in [2.45, 2.75) is 231 Å². The van der Waals surface area contributed by atoms with Crippen molar-refractivity contribution < 1.29 is 57.0 Å². The van der Waals surface area contributed by atoms with E-state index in [-0.39, 0.29) is 12.7 Å². The van der Waals surface area contributed by atoms with Crippen LogP contribution in [0.1, 0.15) is 130 Å². The lowest BCUT2D eigenvalue weighted by atomic mass is 9.98. The summed E-state index contributed by atoms with van der Waals surface area (Å²) in [5.41, 5.74) is 7.15. The lowest BCUT2D eigenvalue weighted by molar-refractivity contribution is -0.282. The lowest BCUT2D eigenvalue weighted by Gasteiger charge is -2.44. The Kier molecular flexibility index (Phi) is 47.7. The highest BCUT2D eigenvalue weighted by Crippen LogP contribution is 2.44. The third-order valence-electron chi connectivity index (χ3n) is 20.3. The number of aromatic nitrogens is 21. The zero-order valence-corrected chi connectivity index (χ0v) is 91.7. The van der Waals surface area contributed by atoms with E-state index in [2.05, 4.69) is 172 Å². The molecule has 44 heteroatoms. The van der Waals surface area contributed by atoms with E-state index in [0.29, 0.717) is 134 Å². The van der Waals surface area contributed by atoms with Crippen LogP contribution in [-0.4, -0.2) is 203 Å². The van der Waals surface area contributed by atoms with Crippen LogP contribution in [0.5, 0.6) is 0 Å². The molecule has 0 aliphatic heterocycles. The maximum atomic E-state index is 11.9. The number of rotatable bonds is 30. The second kappa shape index (κ2) is 56.7. The normalized spacial score (nSPS) is 11.7. The summed E-state index contributed by atoms with van der Waals surface area (Å²) in [6.45, 7) is 54.2. The molecule has 0 unspecified atom stereocenters. The topological polar surface area (TPSA) is 352 Å². The smallest absolute Gasteiger partial charge is 0.420 e. The number of ether oxygens (including phenoxy) is 10. The highest BCUT2D eigenvalue weighted by Gasteiger charge is 2.46. The number of alkyl halides is 1. The van der Waals surface area contributed by atoms with Gasteiger partial charge in [-0.15, -0.1) is 0 Å². The Balaban J connectivity index is 0.000000214. The van der Waals surface area contributed by atoms with E-state index < -0.39 is 54.4 Å². The van der Waals surface area contributed by atoms with Gasteiger partial charge in [-0.2, -0.15) is 0 Å². The highest BCUT2D eigenvalue weighted by atomic mass is 35.5. The molecular formula is C94H129Cl8N21O12Si3. The molecular weight excluding hydrogens is 1980 g/mol. The summed E-state index contributed by atoms with van der Waals surface area (Å²) in [4.78, 5) is 83.2. The molecule has 1 N–H and O–H groups in total. The van der Waals surface area contributed by atoms with Crippen molar-refractivity contribution in [3.8, 4) is 0 Å². The molecule has 138 heavy (non-hydrogen) atoms. The minimum Gasteiger partial charge on any atom is -0.443 e. The fourth-order valence-electron chi connectivity index (χ4n) is 13.8. The van der Waals surface area contributed by atoms with Gasteiger partial charge >= 0.3 is 12.1 Å². The molecule has 0 fully saturated rings. The molecule has 14 heterocycles. The zero-order chi connectivity index (χ0) is 102. The quantitative estimate of drug-likeness (QED) is 0.0109. The van der Waals surface area contributed by atoms with E-state index in [1.54, 1.807) is 67.0 Å². The summed E-state index contributed by atoms with van der Waals surface area (Å²) in [6.07, 6.45) is 22.1. The number of H-pyrrole nitrogens is 1. The molecule has 33 nitrogen and oxygen atoms in total. The Bertz CT molecular complexity index is 6160. The maximum absolute atomic E-state index is 11.9. The van der Waals surface area contributed by atoms with Gasteiger partial charge in [0.2, 0.25) is 6.41 Å². The molecule has 1 aromatic carbocycles. The van der Waals surface area contributed by atoms with Gasteiger partial charge in [-0.05, 0) is 159 Å². The van der Waals surface area contributed by atoms with Gasteiger partial charge in [-0.1, -0.05) is 204 Å². The van der Waals surface area contributed by atoms with Crippen LogP contribution in [0, 0.1) is 5.41 Å². The molecule has 0 aliphatic carbocycles. The van der Waals surface area contributed by atoms with E-state index >= 15 is 0 Å². The van der Waals surface area contributed by atoms with E-state index in [0.717, 1.165) is 73.7 Å². The van der Waals surface area contributed by atoms with E-state index in [1.165, 1.54) is 54.6 Å². The van der Waals surface area contributed by atoms with Gasteiger partial charge in [0, 0.05) is 99.6 Å². The average molecular weight is 2110 g/mol. The van der Waals surface area contributed by atoms with Gasteiger partial charge < -0.3 is 65.7 Å². The van der Waals surface area contributed by atoms with Gasteiger partial charge in [0.1, 0.15) is 139 Å². The molecule has 0 aliphatic rings. The number of nitrogens with zero attached hydrogens (tertiary/aromatic N) is 20. The van der Waals surface area contributed by atoms with Crippen LogP contribution in [0.25, 0.3) is 77.2 Å². The minimum atomic E-state index is -1.77. The maximum Gasteiger partial charge on any atom is 0.420 e. The first-order chi connectivity index (χ1) is 65.5. The Labute approximate surface area is 849 Å². The van der Waals surface area contributed by atoms with Gasteiger partial charge in [0.15, 0.2) is 20.6 Å². The number of nitrogens with one attached hydrogen (secondary N) is 1. The average Bonchev–Trinajstić information content (AvgIpc) is 1.60. The van der Waals surface area contributed by atoms with Crippen LogP contribution in [0.15, 0.2) is 160 Å². The summed E-state index contributed by atoms with van der Waals surface area (Å²) in [5.74, 6) is -0.260. The Hall–Kier alpha value is -8.85. The number of carbonyl (C=O) groups is 2. The molecule has 0 bridgehead atoms. The van der Waals surface area contributed by atoms with Crippen molar-refractivity contribution in [2.75, 3.05) is 52.3 Å². The summed E-state index contributed by atoms with van der Waals surface area (Å²) in [5, 5.41) is 8.83. The molecule has 0 amide bonds. The molecule has 0 saturated heterocycles. The summed E-state index contributed by atoms with van der Waals surface area (Å²) >= 11 is 47.1. The van der Waals surface area contributed by atoms with Gasteiger partial charge in [-0.3, -0.25) is 13.9 Å². The van der Waals surface area contributed by atoms with Crippen molar-refractivity contribution in [1.82, 2.24) is 102 Å². The standard InChI is InChI=1S/C15H24ClN3Si.C14H12ClN3O.C12H14ClN3O2.C12H18ClN3OSi.C11H12ClN3O2.C11H14ClN3O2.C7H16O3.C6H4ClN3.C6H15ClOSi/c1-10(2)20(11(3)4,12(5)6)19-8-7-13-14(16)17-9-18-15(13)19;15-13-12-6-7-18(14(12)17-9-16-13)10-19-8-11-4-2-1-3-5-11;1-12(2,3)11(17)18-7-16-5-4-8-9(13)14-6-15-10(8)16;1-18(2,3)7-6-17-9-16-5-4-10-11(13)14-8-15-12(10)16;1-11(2,3)17-10(16)15-5-4-7-8(12)13-6-14-9(7)15;1-3-16-11(17-4-2)15-6-5-8-9(12)13-7-14-10(8)15;1-4-8-7(9-5-2)10-6-3;7-5-4-1-2-8-6(4)10-3-9-5;1-9(2,3)5-4-8-6-7/h7-12H,1-6H3;1-7,9H,8,10H2;4-6H,7H2,1-3H3;4-5,8H,6-7,9H2,1-3H3;4-6H,1-3H3;5-7,11H,3-4H2,1-2H3;7H,4-6H2,1-3H3;1-3H,(H,8,9,10);4-6H2,1-3H3. The van der Waals surface area contributed by atoms with Crippen molar-refractivity contribution in [3.05, 3.63) is 202 Å². The summed E-state index contributed by atoms with van der Waals surface area (Å²) < 4.78 is 64.3. The van der Waals surface area contributed by atoms with Crippen LogP contribution in [0.4, 0.5) is 4.79 Å². The van der Waals surface area contributed by atoms with E-state index in [4.69, 9.17) is 140 Å². The van der Waals surface area contributed by atoms with Crippen molar-refractivity contribution in [3.63, 3.8) is 0 Å². The fourth-order valence-corrected chi connectivity index (χ4v) is 23.3. The zero-order valence-electron chi connectivity index (χ0n) is 82.7. The number of fused-ring (bicyclic) bond motifs is 7. The monoisotopic (exact) mass is 2110 g/mol. The number of carbonyl (C=O) groups excluding carboxylic acids is 2. The van der Waals surface area contributed by atoms with Gasteiger partial charge in [0.25, 0.3) is 6.48 Å². The van der Waals surface area contributed by atoms with Gasteiger partial charge in [0.05, 0.1) is 49.7 Å². The van der Waals surface area contributed by atoms with Crippen LogP contribution in [0.2, 0.25) is 104 Å². The number of hydrogen-bond acceptors (Lipinski definition) is 26. The summed E-state index contributed by atoms with van der Waals surface area (Å²) in [6, 6.07) is 25.8. The molecule has 0 saturated carbocycles. The molecule has 14 aromatic heterocycles. The number of aromatic amines is 1. The Morgan fingerprint density at radius 2 is 0.775 bits per heavy atom. The highest BCUT2D eigenvalue weighted by molar-refractivity contribution is 6.82. The predicted octanol–water partition coefficient (Wildman–Crippen LogP) is 25.4. The van der Waals surface area contributed by atoms with Crippen LogP contribution in [0.3, 0.4) is 0 Å². The minimum absolute atomic E-state index is 0.118. The first-order valence-electron chi connectivity index (χ1n) is 45.0. The number of benzene rings is 1. The Morgan fingerprint density at radius 3 is 1.20 bits per heavy atom. The van der Waals surface area contributed by atoms with E-state index in [9.17, 15) is 9.59 Å². The number of halogens is 8. The molecule has 15 rings (SSSR count). The van der Waals surface area contributed by atoms with Crippen molar-refractivity contribution in [2.24, 2.45) is 5.41 Å². The third-order valence-corrected chi connectivity index (χ3v) is 32.7. The molecule has 0 spiro atoms. The third kappa shape index (κ3) is 35.1. The first-order valence-corrected chi connectivity index (χ1v) is 57.8. The molecule has 0 radical (unpaired) electrons. The number of hydrogen-bond donors (Lipinski definition) is 1.